The van der Waals surface area contributed by atoms with E-state index < -0.39 is 0 Å². The fourth-order valence-corrected chi connectivity index (χ4v) is 2.76. The molecule has 2 nitrogen and oxygen atoms in total. The Morgan fingerprint density at radius 1 is 1.33 bits per heavy atom. The van der Waals surface area contributed by atoms with Gasteiger partial charge in [0.2, 0.25) is 0 Å². The van der Waals surface area contributed by atoms with Crippen molar-refractivity contribution in [2.45, 2.75) is 26.2 Å². The van der Waals surface area contributed by atoms with Crippen LogP contribution in [0, 0.1) is 0 Å². The van der Waals surface area contributed by atoms with Gasteiger partial charge in [-0.15, -0.1) is 0 Å². The van der Waals surface area contributed by atoms with E-state index in [-0.39, 0.29) is 0 Å². The van der Waals surface area contributed by atoms with Gasteiger partial charge in [0.05, 0.1) is 6.61 Å². The maximum Gasteiger partial charge on any atom is 0.124 e. The predicted octanol–water partition coefficient (Wildman–Crippen LogP) is 2.39. The molecule has 1 aromatic carbocycles. The van der Waals surface area contributed by atoms with Gasteiger partial charge in [-0.3, -0.25) is 0 Å². The lowest BCUT2D eigenvalue weighted by Gasteiger charge is -2.20. The van der Waals surface area contributed by atoms with E-state index in [0.29, 0.717) is 0 Å². The first kappa shape index (κ1) is 9.08. The zero-order valence-corrected chi connectivity index (χ0v) is 9.25. The van der Waals surface area contributed by atoms with Crippen molar-refractivity contribution in [2.75, 3.05) is 24.6 Å². The third kappa shape index (κ3) is 1.31. The normalized spacial score (nSPS) is 17.5. The van der Waals surface area contributed by atoms with Crippen molar-refractivity contribution in [1.29, 1.82) is 0 Å². The number of rotatable bonds is 2. The minimum absolute atomic E-state index is 0.867. The molecule has 2 aliphatic heterocycles. The van der Waals surface area contributed by atoms with E-state index in [4.69, 9.17) is 4.74 Å². The Morgan fingerprint density at radius 2 is 2.27 bits per heavy atom. The Balaban J connectivity index is 2.05. The summed E-state index contributed by atoms with van der Waals surface area (Å²) in [7, 11) is 0. The van der Waals surface area contributed by atoms with E-state index in [1.165, 1.54) is 42.7 Å². The molecule has 0 atom stereocenters. The highest BCUT2D eigenvalue weighted by Crippen LogP contribution is 2.40. The van der Waals surface area contributed by atoms with Crippen LogP contribution >= 0.6 is 0 Å². The molecular weight excluding hydrogens is 186 g/mol. The van der Waals surface area contributed by atoms with Crippen molar-refractivity contribution in [3.8, 4) is 5.75 Å². The first-order valence-electron chi connectivity index (χ1n) is 5.92. The van der Waals surface area contributed by atoms with Gasteiger partial charge < -0.3 is 9.64 Å². The largest absolute Gasteiger partial charge is 0.493 e. The summed E-state index contributed by atoms with van der Waals surface area (Å²) >= 11 is 0. The van der Waals surface area contributed by atoms with Crippen LogP contribution in [0.15, 0.2) is 12.1 Å². The zero-order chi connectivity index (χ0) is 10.3. The average Bonchev–Trinajstić information content (AvgIpc) is 2.83. The molecule has 0 fully saturated rings. The number of fused-ring (bicyclic) bond motifs is 3. The van der Waals surface area contributed by atoms with Crippen molar-refractivity contribution >= 4 is 5.69 Å². The lowest BCUT2D eigenvalue weighted by Crippen LogP contribution is -2.21. The second kappa shape index (κ2) is 3.44. The number of hydrogen-bond acceptors (Lipinski definition) is 2. The Hall–Kier alpha value is -1.18. The van der Waals surface area contributed by atoms with Gasteiger partial charge in [0, 0.05) is 30.8 Å². The Labute approximate surface area is 90.8 Å². The number of hydrogen-bond donors (Lipinski definition) is 0. The zero-order valence-electron chi connectivity index (χ0n) is 9.25. The second-order valence-electron chi connectivity index (χ2n) is 4.39. The van der Waals surface area contributed by atoms with Gasteiger partial charge in [-0.05, 0) is 24.5 Å². The van der Waals surface area contributed by atoms with E-state index >= 15 is 0 Å². The van der Waals surface area contributed by atoms with Gasteiger partial charge in [-0.1, -0.05) is 13.0 Å². The van der Waals surface area contributed by atoms with E-state index in [9.17, 15) is 0 Å². The summed E-state index contributed by atoms with van der Waals surface area (Å²) in [5.41, 5.74) is 4.47. The summed E-state index contributed by atoms with van der Waals surface area (Å²) in [6.07, 6.45) is 3.53. The van der Waals surface area contributed by atoms with Crippen LogP contribution < -0.4 is 9.64 Å². The molecule has 0 spiro atoms. The molecule has 1 aromatic rings. The van der Waals surface area contributed by atoms with Gasteiger partial charge in [0.15, 0.2) is 0 Å². The Kier molecular flexibility index (Phi) is 2.08. The first-order chi connectivity index (χ1) is 7.40. The monoisotopic (exact) mass is 203 g/mol. The summed E-state index contributed by atoms with van der Waals surface area (Å²) in [4.78, 5) is 2.53. The maximum atomic E-state index is 5.62. The van der Waals surface area contributed by atoms with Gasteiger partial charge in [0.1, 0.15) is 5.75 Å². The first-order valence-corrected chi connectivity index (χ1v) is 5.92. The van der Waals surface area contributed by atoms with Crippen molar-refractivity contribution in [3.05, 3.63) is 23.3 Å². The van der Waals surface area contributed by atoms with Crippen molar-refractivity contribution < 1.29 is 4.74 Å². The van der Waals surface area contributed by atoms with Crippen LogP contribution in [0.2, 0.25) is 0 Å². The molecule has 0 bridgehead atoms. The molecule has 0 radical (unpaired) electrons. The van der Waals surface area contributed by atoms with Crippen LogP contribution in [0.25, 0.3) is 0 Å². The highest BCUT2D eigenvalue weighted by molar-refractivity contribution is 5.68. The summed E-state index contributed by atoms with van der Waals surface area (Å²) in [6.45, 7) is 5.49. The van der Waals surface area contributed by atoms with Crippen LogP contribution in [0.1, 0.15) is 24.5 Å². The molecule has 2 heteroatoms. The molecule has 0 saturated heterocycles. The van der Waals surface area contributed by atoms with E-state index in [2.05, 4.69) is 24.0 Å². The standard InChI is InChI=1S/C13H17NO/c1-2-7-14-8-5-10-3-4-12-11(13(10)14)6-9-15-12/h3-4H,2,5-9H2,1H3. The number of ether oxygens (including phenoxy) is 1. The van der Waals surface area contributed by atoms with Crippen molar-refractivity contribution in [3.63, 3.8) is 0 Å². The van der Waals surface area contributed by atoms with Gasteiger partial charge in [-0.2, -0.15) is 0 Å². The maximum absolute atomic E-state index is 5.62. The fourth-order valence-electron chi connectivity index (χ4n) is 2.76. The molecule has 3 rings (SSSR count). The quantitative estimate of drug-likeness (QED) is 0.731. The van der Waals surface area contributed by atoms with Crippen LogP contribution in [-0.4, -0.2) is 19.7 Å². The molecule has 0 unspecified atom stereocenters. The number of nitrogens with zero attached hydrogens (tertiary/aromatic N) is 1. The third-order valence-electron chi connectivity index (χ3n) is 3.39. The SMILES string of the molecule is CCCN1CCc2ccc3c(c21)CCO3. The number of benzene rings is 1. The van der Waals surface area contributed by atoms with E-state index in [0.717, 1.165) is 18.8 Å². The van der Waals surface area contributed by atoms with Crippen LogP contribution in [0.3, 0.4) is 0 Å². The van der Waals surface area contributed by atoms with Gasteiger partial charge in [0.25, 0.3) is 0 Å². The minimum Gasteiger partial charge on any atom is -0.493 e. The lowest BCUT2D eigenvalue weighted by atomic mass is 10.1. The number of anilines is 1. The summed E-state index contributed by atoms with van der Waals surface area (Å²) < 4.78 is 5.62. The Bertz CT molecular complexity index is 384. The molecular formula is C13H17NO. The van der Waals surface area contributed by atoms with Crippen LogP contribution in [0.5, 0.6) is 5.75 Å². The van der Waals surface area contributed by atoms with Crippen LogP contribution in [0.4, 0.5) is 5.69 Å². The molecule has 0 amide bonds. The van der Waals surface area contributed by atoms with E-state index in [1.54, 1.807) is 0 Å². The highest BCUT2D eigenvalue weighted by atomic mass is 16.5. The summed E-state index contributed by atoms with van der Waals surface area (Å²) in [5, 5.41) is 0. The topological polar surface area (TPSA) is 12.5 Å². The molecule has 15 heavy (non-hydrogen) atoms. The molecule has 0 N–H and O–H groups in total. The lowest BCUT2D eigenvalue weighted by molar-refractivity contribution is 0.357. The molecule has 0 saturated carbocycles. The van der Waals surface area contributed by atoms with Crippen molar-refractivity contribution in [1.82, 2.24) is 0 Å². The van der Waals surface area contributed by atoms with Gasteiger partial charge in [-0.25, -0.2) is 0 Å². The Morgan fingerprint density at radius 3 is 3.13 bits per heavy atom. The molecule has 80 valence electrons. The molecule has 2 heterocycles. The minimum atomic E-state index is 0.867. The second-order valence-corrected chi connectivity index (χ2v) is 4.39. The van der Waals surface area contributed by atoms with Crippen LogP contribution in [-0.2, 0) is 12.8 Å². The van der Waals surface area contributed by atoms with E-state index in [1.807, 2.05) is 0 Å². The summed E-state index contributed by atoms with van der Waals surface area (Å²) in [6, 6.07) is 4.39. The predicted molar refractivity (Wildman–Crippen MR) is 61.8 cm³/mol. The van der Waals surface area contributed by atoms with Gasteiger partial charge >= 0.3 is 0 Å². The summed E-state index contributed by atoms with van der Waals surface area (Å²) in [5.74, 6) is 1.12. The molecule has 0 aromatic heterocycles. The smallest absolute Gasteiger partial charge is 0.124 e. The van der Waals surface area contributed by atoms with Crippen molar-refractivity contribution in [2.24, 2.45) is 0 Å². The fraction of sp³-hybridized carbons (Fsp3) is 0.538. The third-order valence-corrected chi connectivity index (χ3v) is 3.39. The molecule has 2 aliphatic rings. The molecule has 0 aliphatic carbocycles. The average molecular weight is 203 g/mol. The highest BCUT2D eigenvalue weighted by Gasteiger charge is 2.26.